The Labute approximate surface area is 152 Å². The average Bonchev–Trinajstić information content (AvgIpc) is 2.65. The molecule has 1 aromatic rings. The van der Waals surface area contributed by atoms with Crippen LogP contribution < -0.4 is 0 Å². The van der Waals surface area contributed by atoms with Crippen molar-refractivity contribution in [3.05, 3.63) is 35.9 Å². The molecule has 138 valence electrons. The first-order chi connectivity index (χ1) is 11.9. The number of carbonyl (C=O) groups excluding carboxylic acids is 2. The van der Waals surface area contributed by atoms with E-state index >= 15 is 0 Å². The SMILES string of the molecule is CCC(C)N(Cc1ccccc1)C(=O)C1CCN(C(=O)C(C)C)CC1. The second-order valence-corrected chi connectivity index (χ2v) is 7.46. The number of carbonyl (C=O) groups is 2. The van der Waals surface area contributed by atoms with E-state index in [-0.39, 0.29) is 29.7 Å². The van der Waals surface area contributed by atoms with Crippen molar-refractivity contribution in [2.24, 2.45) is 11.8 Å². The zero-order valence-corrected chi connectivity index (χ0v) is 16.1. The number of piperidine rings is 1. The Kier molecular flexibility index (Phi) is 7.03. The van der Waals surface area contributed by atoms with Crippen LogP contribution in [0.15, 0.2) is 30.3 Å². The molecule has 1 unspecified atom stereocenters. The Morgan fingerprint density at radius 3 is 2.24 bits per heavy atom. The van der Waals surface area contributed by atoms with Gasteiger partial charge in [0.15, 0.2) is 0 Å². The summed E-state index contributed by atoms with van der Waals surface area (Å²) in [4.78, 5) is 29.2. The van der Waals surface area contributed by atoms with Crippen LogP contribution in [0.1, 0.15) is 52.5 Å². The summed E-state index contributed by atoms with van der Waals surface area (Å²) in [5, 5.41) is 0. The first-order valence-electron chi connectivity index (χ1n) is 9.57. The summed E-state index contributed by atoms with van der Waals surface area (Å²) in [5.41, 5.74) is 1.17. The van der Waals surface area contributed by atoms with Crippen molar-refractivity contribution in [2.45, 2.75) is 59.5 Å². The molecule has 0 spiro atoms. The molecule has 0 saturated carbocycles. The highest BCUT2D eigenvalue weighted by Crippen LogP contribution is 2.23. The first-order valence-corrected chi connectivity index (χ1v) is 9.57. The summed E-state index contributed by atoms with van der Waals surface area (Å²) in [5.74, 6) is 0.514. The van der Waals surface area contributed by atoms with Crippen LogP contribution >= 0.6 is 0 Å². The van der Waals surface area contributed by atoms with Crippen molar-refractivity contribution in [2.75, 3.05) is 13.1 Å². The van der Waals surface area contributed by atoms with Gasteiger partial charge in [0.05, 0.1) is 0 Å². The maximum atomic E-state index is 13.1. The minimum atomic E-state index is 0.0296. The van der Waals surface area contributed by atoms with Crippen LogP contribution in [0.2, 0.25) is 0 Å². The summed E-state index contributed by atoms with van der Waals surface area (Å²) >= 11 is 0. The van der Waals surface area contributed by atoms with Gasteiger partial charge in [-0.1, -0.05) is 51.1 Å². The van der Waals surface area contributed by atoms with Gasteiger partial charge in [0, 0.05) is 37.5 Å². The van der Waals surface area contributed by atoms with E-state index in [0.717, 1.165) is 19.3 Å². The van der Waals surface area contributed by atoms with Crippen LogP contribution in [0, 0.1) is 11.8 Å². The van der Waals surface area contributed by atoms with Gasteiger partial charge in [-0.3, -0.25) is 9.59 Å². The number of hydrogen-bond acceptors (Lipinski definition) is 2. The highest BCUT2D eigenvalue weighted by molar-refractivity contribution is 5.81. The molecule has 2 amide bonds. The molecule has 1 aliphatic rings. The fourth-order valence-corrected chi connectivity index (χ4v) is 3.40. The lowest BCUT2D eigenvalue weighted by Gasteiger charge is -2.37. The zero-order chi connectivity index (χ0) is 18.4. The number of likely N-dealkylation sites (tertiary alicyclic amines) is 1. The summed E-state index contributed by atoms with van der Waals surface area (Å²) in [7, 11) is 0. The van der Waals surface area contributed by atoms with E-state index < -0.39 is 0 Å². The maximum Gasteiger partial charge on any atom is 0.226 e. The standard InChI is InChI=1S/C21H32N2O2/c1-5-17(4)23(15-18-9-7-6-8-10-18)21(25)19-11-13-22(14-12-19)20(24)16(2)3/h6-10,16-17,19H,5,11-15H2,1-4H3. The van der Waals surface area contributed by atoms with Crippen molar-refractivity contribution >= 4 is 11.8 Å². The summed E-state index contributed by atoms with van der Waals surface area (Å²) < 4.78 is 0. The molecule has 1 fully saturated rings. The van der Waals surface area contributed by atoms with Crippen molar-refractivity contribution in [1.82, 2.24) is 9.80 Å². The average molecular weight is 344 g/mol. The smallest absolute Gasteiger partial charge is 0.226 e. The predicted molar refractivity (Wildman–Crippen MR) is 101 cm³/mol. The van der Waals surface area contributed by atoms with Gasteiger partial charge in [0.25, 0.3) is 0 Å². The van der Waals surface area contributed by atoms with Crippen LogP contribution in [0.25, 0.3) is 0 Å². The van der Waals surface area contributed by atoms with Gasteiger partial charge in [0.2, 0.25) is 11.8 Å². The first kappa shape index (κ1) is 19.5. The molecule has 0 N–H and O–H groups in total. The molecule has 4 nitrogen and oxygen atoms in total. The largest absolute Gasteiger partial charge is 0.342 e. The number of amides is 2. The fraction of sp³-hybridized carbons (Fsp3) is 0.619. The molecule has 4 heteroatoms. The van der Waals surface area contributed by atoms with E-state index in [4.69, 9.17) is 0 Å². The Hall–Kier alpha value is -1.84. The number of hydrogen-bond donors (Lipinski definition) is 0. The minimum Gasteiger partial charge on any atom is -0.342 e. The van der Waals surface area contributed by atoms with Crippen molar-refractivity contribution in [3.63, 3.8) is 0 Å². The lowest BCUT2D eigenvalue weighted by Crippen LogP contribution is -2.47. The Balaban J connectivity index is 2.01. The highest BCUT2D eigenvalue weighted by Gasteiger charge is 2.32. The summed E-state index contributed by atoms with van der Waals surface area (Å²) in [6.07, 6.45) is 2.50. The van der Waals surface area contributed by atoms with Crippen molar-refractivity contribution < 1.29 is 9.59 Å². The monoisotopic (exact) mass is 344 g/mol. The second kappa shape index (κ2) is 9.02. The van der Waals surface area contributed by atoms with Crippen LogP contribution in [-0.4, -0.2) is 40.7 Å². The molecule has 0 aromatic heterocycles. The van der Waals surface area contributed by atoms with Crippen LogP contribution in [-0.2, 0) is 16.1 Å². The number of benzene rings is 1. The molecule has 1 aromatic carbocycles. The van der Waals surface area contributed by atoms with Gasteiger partial charge in [0.1, 0.15) is 0 Å². The third-order valence-corrected chi connectivity index (χ3v) is 5.25. The topological polar surface area (TPSA) is 40.6 Å². The summed E-state index contributed by atoms with van der Waals surface area (Å²) in [6.45, 7) is 10.2. The van der Waals surface area contributed by atoms with E-state index in [2.05, 4.69) is 26.0 Å². The Bertz CT molecular complexity index is 563. The van der Waals surface area contributed by atoms with E-state index in [1.807, 2.05) is 41.8 Å². The molecule has 1 saturated heterocycles. The summed E-state index contributed by atoms with van der Waals surface area (Å²) in [6, 6.07) is 10.4. The van der Waals surface area contributed by atoms with E-state index in [9.17, 15) is 9.59 Å². The molecule has 0 bridgehead atoms. The normalized spacial score (nSPS) is 16.8. The Morgan fingerprint density at radius 2 is 1.72 bits per heavy atom. The maximum absolute atomic E-state index is 13.1. The van der Waals surface area contributed by atoms with E-state index in [0.29, 0.717) is 19.6 Å². The van der Waals surface area contributed by atoms with E-state index in [1.165, 1.54) is 5.56 Å². The second-order valence-electron chi connectivity index (χ2n) is 7.46. The van der Waals surface area contributed by atoms with Crippen molar-refractivity contribution in [1.29, 1.82) is 0 Å². The molecule has 1 aliphatic heterocycles. The molecule has 25 heavy (non-hydrogen) atoms. The minimum absolute atomic E-state index is 0.0296. The lowest BCUT2D eigenvalue weighted by molar-refractivity contribution is -0.143. The third-order valence-electron chi connectivity index (χ3n) is 5.25. The quantitative estimate of drug-likeness (QED) is 0.789. The third kappa shape index (κ3) is 5.07. The molecular weight excluding hydrogens is 312 g/mol. The number of nitrogens with zero attached hydrogens (tertiary/aromatic N) is 2. The Morgan fingerprint density at radius 1 is 1.12 bits per heavy atom. The highest BCUT2D eigenvalue weighted by atomic mass is 16.2. The fourth-order valence-electron chi connectivity index (χ4n) is 3.40. The molecule has 0 aliphatic carbocycles. The van der Waals surface area contributed by atoms with Gasteiger partial charge < -0.3 is 9.80 Å². The molecule has 0 radical (unpaired) electrons. The molecular formula is C21H32N2O2. The number of rotatable bonds is 6. The lowest BCUT2D eigenvalue weighted by atomic mass is 9.93. The zero-order valence-electron chi connectivity index (χ0n) is 16.1. The van der Waals surface area contributed by atoms with Gasteiger partial charge in [-0.25, -0.2) is 0 Å². The van der Waals surface area contributed by atoms with Gasteiger partial charge >= 0.3 is 0 Å². The van der Waals surface area contributed by atoms with Crippen LogP contribution in [0.4, 0.5) is 0 Å². The van der Waals surface area contributed by atoms with E-state index in [1.54, 1.807) is 0 Å². The van der Waals surface area contributed by atoms with Gasteiger partial charge in [-0.05, 0) is 31.7 Å². The molecule has 2 rings (SSSR count). The van der Waals surface area contributed by atoms with Crippen molar-refractivity contribution in [3.8, 4) is 0 Å². The molecule has 1 atom stereocenters. The van der Waals surface area contributed by atoms with Gasteiger partial charge in [-0.2, -0.15) is 0 Å². The van der Waals surface area contributed by atoms with Crippen LogP contribution in [0.5, 0.6) is 0 Å². The predicted octanol–water partition coefficient (Wildman–Crippen LogP) is 3.71. The van der Waals surface area contributed by atoms with Crippen LogP contribution in [0.3, 0.4) is 0 Å². The van der Waals surface area contributed by atoms with Gasteiger partial charge in [-0.15, -0.1) is 0 Å². The molecule has 1 heterocycles.